The van der Waals surface area contributed by atoms with Crippen molar-refractivity contribution >= 4 is 22.2 Å². The van der Waals surface area contributed by atoms with E-state index in [1.807, 2.05) is 34.3 Å². The second-order valence-corrected chi connectivity index (χ2v) is 6.43. The summed E-state index contributed by atoms with van der Waals surface area (Å²) >= 11 is 1.56. The number of fused-ring (bicyclic) bond motifs is 1. The van der Waals surface area contributed by atoms with Crippen LogP contribution in [0.1, 0.15) is 31.3 Å². The smallest absolute Gasteiger partial charge is 0.226 e. The summed E-state index contributed by atoms with van der Waals surface area (Å²) in [4.78, 5) is 19.9. The summed E-state index contributed by atoms with van der Waals surface area (Å²) in [7, 11) is 0. The van der Waals surface area contributed by atoms with Crippen molar-refractivity contribution in [1.82, 2.24) is 19.6 Å². The van der Waals surface area contributed by atoms with Gasteiger partial charge >= 0.3 is 0 Å². The highest BCUT2D eigenvalue weighted by Crippen LogP contribution is 2.20. The Hall–Kier alpha value is -2.12. The molecule has 1 N–H and O–H groups in total. The lowest BCUT2D eigenvalue weighted by atomic mass is 10.1. The SMILES string of the molecule is CCN(CC)[C@H](CNC(=O)Cc1cn2ccsc2n1)c1ccco1. The summed E-state index contributed by atoms with van der Waals surface area (Å²) < 4.78 is 7.49. The lowest BCUT2D eigenvalue weighted by Gasteiger charge is -2.28. The largest absolute Gasteiger partial charge is 0.468 e. The van der Waals surface area contributed by atoms with Crippen LogP contribution in [-0.2, 0) is 11.2 Å². The molecule has 0 saturated carbocycles. The Bertz CT molecular complexity index is 745. The Balaban J connectivity index is 1.61. The number of hydrogen-bond acceptors (Lipinski definition) is 5. The average Bonchev–Trinajstić information content (AvgIpc) is 3.28. The fourth-order valence-electron chi connectivity index (χ4n) is 2.85. The van der Waals surface area contributed by atoms with Crippen molar-refractivity contribution in [3.63, 3.8) is 0 Å². The minimum absolute atomic E-state index is 0.0236. The van der Waals surface area contributed by atoms with Crippen LogP contribution in [0.5, 0.6) is 0 Å². The van der Waals surface area contributed by atoms with Gasteiger partial charge in [-0.15, -0.1) is 11.3 Å². The van der Waals surface area contributed by atoms with Gasteiger partial charge in [0.05, 0.1) is 24.4 Å². The first-order valence-corrected chi connectivity index (χ1v) is 9.04. The van der Waals surface area contributed by atoms with Crippen LogP contribution >= 0.6 is 11.3 Å². The molecule has 0 spiro atoms. The molecule has 0 radical (unpaired) electrons. The van der Waals surface area contributed by atoms with Crippen LogP contribution in [0.4, 0.5) is 0 Å². The van der Waals surface area contributed by atoms with Gasteiger partial charge in [-0.25, -0.2) is 4.98 Å². The summed E-state index contributed by atoms with van der Waals surface area (Å²) in [5.74, 6) is 0.853. The van der Waals surface area contributed by atoms with E-state index in [9.17, 15) is 4.79 Å². The highest BCUT2D eigenvalue weighted by molar-refractivity contribution is 7.15. The molecule has 0 aromatic carbocycles. The molecule has 7 heteroatoms. The number of furan rings is 1. The zero-order valence-corrected chi connectivity index (χ0v) is 14.8. The standard InChI is InChI=1S/C17H22N4O2S/c1-3-20(4-2)14(15-6-5-8-23-15)11-18-16(22)10-13-12-21-7-9-24-17(21)19-13/h5-9,12,14H,3-4,10-11H2,1-2H3,(H,18,22)/t14-/m1/s1. The Kier molecular flexibility index (Phi) is 5.32. The van der Waals surface area contributed by atoms with Crippen molar-refractivity contribution in [2.45, 2.75) is 26.3 Å². The Morgan fingerprint density at radius 2 is 2.29 bits per heavy atom. The van der Waals surface area contributed by atoms with E-state index in [-0.39, 0.29) is 18.4 Å². The van der Waals surface area contributed by atoms with Gasteiger partial charge in [-0.2, -0.15) is 0 Å². The minimum atomic E-state index is -0.0236. The van der Waals surface area contributed by atoms with Crippen LogP contribution in [0.2, 0.25) is 0 Å². The number of nitrogens with zero attached hydrogens (tertiary/aromatic N) is 3. The van der Waals surface area contributed by atoms with E-state index in [0.29, 0.717) is 6.54 Å². The van der Waals surface area contributed by atoms with Gasteiger partial charge in [0.15, 0.2) is 4.96 Å². The van der Waals surface area contributed by atoms with Gasteiger partial charge in [-0.1, -0.05) is 13.8 Å². The van der Waals surface area contributed by atoms with E-state index < -0.39 is 0 Å². The van der Waals surface area contributed by atoms with Gasteiger partial charge in [0.25, 0.3) is 0 Å². The van der Waals surface area contributed by atoms with Gasteiger partial charge in [0.2, 0.25) is 5.91 Å². The van der Waals surface area contributed by atoms with Crippen molar-refractivity contribution in [2.24, 2.45) is 0 Å². The quantitative estimate of drug-likeness (QED) is 0.681. The second-order valence-electron chi connectivity index (χ2n) is 5.56. The van der Waals surface area contributed by atoms with Crippen molar-refractivity contribution in [3.05, 3.63) is 47.6 Å². The molecule has 3 heterocycles. The molecule has 1 atom stereocenters. The number of likely N-dealkylation sites (N-methyl/N-ethyl adjacent to an activating group) is 1. The maximum Gasteiger partial charge on any atom is 0.226 e. The third kappa shape index (κ3) is 3.68. The van der Waals surface area contributed by atoms with Gasteiger partial charge in [-0.3, -0.25) is 14.1 Å². The average molecular weight is 346 g/mol. The first kappa shape index (κ1) is 16.7. The van der Waals surface area contributed by atoms with Gasteiger partial charge in [-0.05, 0) is 25.2 Å². The molecular formula is C17H22N4O2S. The minimum Gasteiger partial charge on any atom is -0.468 e. The zero-order chi connectivity index (χ0) is 16.9. The molecule has 1 amide bonds. The van der Waals surface area contributed by atoms with Gasteiger partial charge in [0.1, 0.15) is 5.76 Å². The number of nitrogens with one attached hydrogen (secondary N) is 1. The van der Waals surface area contributed by atoms with E-state index >= 15 is 0 Å². The molecule has 0 fully saturated rings. The summed E-state index contributed by atoms with van der Waals surface area (Å²) in [5.41, 5.74) is 0.789. The summed E-state index contributed by atoms with van der Waals surface area (Å²) in [6.45, 7) is 6.54. The third-order valence-corrected chi connectivity index (χ3v) is 4.87. The summed E-state index contributed by atoms with van der Waals surface area (Å²) in [6, 6.07) is 3.88. The molecule has 0 unspecified atom stereocenters. The van der Waals surface area contributed by atoms with E-state index in [0.717, 1.165) is 29.5 Å². The second kappa shape index (κ2) is 7.63. The van der Waals surface area contributed by atoms with Crippen LogP contribution < -0.4 is 5.32 Å². The molecule has 6 nitrogen and oxygen atoms in total. The zero-order valence-electron chi connectivity index (χ0n) is 13.9. The predicted octanol–water partition coefficient (Wildman–Crippen LogP) is 2.73. The third-order valence-electron chi connectivity index (χ3n) is 4.10. The Morgan fingerprint density at radius 1 is 1.46 bits per heavy atom. The van der Waals surface area contributed by atoms with Crippen molar-refractivity contribution in [2.75, 3.05) is 19.6 Å². The first-order valence-electron chi connectivity index (χ1n) is 8.16. The topological polar surface area (TPSA) is 62.8 Å². The molecule has 24 heavy (non-hydrogen) atoms. The normalized spacial score (nSPS) is 12.8. The van der Waals surface area contributed by atoms with Crippen LogP contribution in [0.25, 0.3) is 4.96 Å². The molecule has 0 aliphatic carbocycles. The number of thiazole rings is 1. The number of carbonyl (C=O) groups excluding carboxylic acids is 1. The highest BCUT2D eigenvalue weighted by Gasteiger charge is 2.21. The predicted molar refractivity (Wildman–Crippen MR) is 94.2 cm³/mol. The number of carbonyl (C=O) groups is 1. The van der Waals surface area contributed by atoms with E-state index in [1.165, 1.54) is 0 Å². The molecule has 3 aromatic heterocycles. The van der Waals surface area contributed by atoms with Crippen LogP contribution in [0.15, 0.2) is 40.6 Å². The van der Waals surface area contributed by atoms with E-state index in [1.54, 1.807) is 17.6 Å². The first-order chi connectivity index (χ1) is 11.7. The number of hydrogen-bond donors (Lipinski definition) is 1. The van der Waals surface area contributed by atoms with Crippen LogP contribution in [0, 0.1) is 0 Å². The highest BCUT2D eigenvalue weighted by atomic mass is 32.1. The number of aromatic nitrogens is 2. The Labute approximate surface area is 145 Å². The van der Waals surface area contributed by atoms with Crippen molar-refractivity contribution in [3.8, 4) is 0 Å². The molecule has 0 saturated heterocycles. The van der Waals surface area contributed by atoms with Crippen LogP contribution in [-0.4, -0.2) is 39.8 Å². The molecule has 3 rings (SSSR count). The van der Waals surface area contributed by atoms with E-state index in [4.69, 9.17) is 4.42 Å². The summed E-state index contributed by atoms with van der Waals surface area (Å²) in [5, 5.41) is 5.00. The summed E-state index contributed by atoms with van der Waals surface area (Å²) in [6.07, 6.45) is 5.81. The van der Waals surface area contributed by atoms with Gasteiger partial charge < -0.3 is 9.73 Å². The lowest BCUT2D eigenvalue weighted by molar-refractivity contribution is -0.120. The molecule has 0 bridgehead atoms. The van der Waals surface area contributed by atoms with Crippen LogP contribution in [0.3, 0.4) is 0 Å². The molecule has 128 valence electrons. The number of rotatable bonds is 8. The van der Waals surface area contributed by atoms with Gasteiger partial charge in [0, 0.05) is 24.3 Å². The fraction of sp³-hybridized carbons (Fsp3) is 0.412. The number of imidazole rings is 1. The van der Waals surface area contributed by atoms with E-state index in [2.05, 4.69) is 29.0 Å². The maximum absolute atomic E-state index is 12.3. The molecular weight excluding hydrogens is 324 g/mol. The monoisotopic (exact) mass is 346 g/mol. The Morgan fingerprint density at radius 3 is 2.96 bits per heavy atom. The molecule has 0 aliphatic heterocycles. The lowest BCUT2D eigenvalue weighted by Crippen LogP contribution is -2.38. The molecule has 3 aromatic rings. The fourth-order valence-corrected chi connectivity index (χ4v) is 3.57. The maximum atomic E-state index is 12.3. The molecule has 0 aliphatic rings. The number of amides is 1. The van der Waals surface area contributed by atoms with Crippen molar-refractivity contribution < 1.29 is 9.21 Å². The van der Waals surface area contributed by atoms with Crippen molar-refractivity contribution in [1.29, 1.82) is 0 Å².